The molecule has 3 aromatic rings. The van der Waals surface area contributed by atoms with Gasteiger partial charge in [0.25, 0.3) is 11.8 Å². The van der Waals surface area contributed by atoms with Crippen molar-refractivity contribution in [3.05, 3.63) is 71.0 Å². The number of amides is 2. The number of likely N-dealkylation sites (tertiary alicyclic amines) is 1. The summed E-state index contributed by atoms with van der Waals surface area (Å²) in [6.07, 6.45) is 0.607. The molecule has 0 saturated carbocycles. The molecule has 7 nitrogen and oxygen atoms in total. The molecule has 1 unspecified atom stereocenters. The Hall–Kier alpha value is -3.48. The Labute approximate surface area is 168 Å². The third-order valence-electron chi connectivity index (χ3n) is 5.02. The predicted molar refractivity (Wildman–Crippen MR) is 107 cm³/mol. The van der Waals surface area contributed by atoms with E-state index in [9.17, 15) is 9.59 Å². The van der Waals surface area contributed by atoms with Gasteiger partial charge in [-0.2, -0.15) is 4.98 Å². The monoisotopic (exact) mass is 390 g/mol. The highest BCUT2D eigenvalue weighted by Gasteiger charge is 2.32. The Morgan fingerprint density at radius 2 is 1.86 bits per heavy atom. The molecule has 0 radical (unpaired) electrons. The highest BCUT2D eigenvalue weighted by Crippen LogP contribution is 2.19. The maximum absolute atomic E-state index is 12.7. The highest BCUT2D eigenvalue weighted by molar-refractivity contribution is 5.98. The van der Waals surface area contributed by atoms with Crippen molar-refractivity contribution in [2.24, 2.45) is 0 Å². The molecule has 2 heterocycles. The quantitative estimate of drug-likeness (QED) is 0.724. The van der Waals surface area contributed by atoms with Crippen molar-refractivity contribution in [3.63, 3.8) is 0 Å². The molecule has 4 rings (SSSR count). The van der Waals surface area contributed by atoms with Gasteiger partial charge in [-0.1, -0.05) is 35.0 Å². The summed E-state index contributed by atoms with van der Waals surface area (Å²) < 4.78 is 5.13. The second-order valence-electron chi connectivity index (χ2n) is 7.28. The standard InChI is InChI=1S/C22H22N4O3/c1-14-3-5-16(6-4-14)13-26-12-11-19(22(26)28)24-20(27)17-7-9-18(10-8-17)21-23-15(2)25-29-21/h3-10,19H,11-13H2,1-2H3,(H,24,27). The van der Waals surface area contributed by atoms with E-state index in [0.717, 1.165) is 11.1 Å². The first-order valence-electron chi connectivity index (χ1n) is 9.55. The highest BCUT2D eigenvalue weighted by atomic mass is 16.5. The fourth-order valence-corrected chi connectivity index (χ4v) is 3.36. The van der Waals surface area contributed by atoms with Crippen molar-refractivity contribution in [2.45, 2.75) is 32.9 Å². The maximum Gasteiger partial charge on any atom is 0.257 e. The van der Waals surface area contributed by atoms with Crippen molar-refractivity contribution >= 4 is 11.8 Å². The van der Waals surface area contributed by atoms with E-state index in [1.807, 2.05) is 31.2 Å². The molecule has 1 saturated heterocycles. The van der Waals surface area contributed by atoms with Gasteiger partial charge >= 0.3 is 0 Å². The Morgan fingerprint density at radius 3 is 2.52 bits per heavy atom. The van der Waals surface area contributed by atoms with Crippen LogP contribution >= 0.6 is 0 Å². The van der Waals surface area contributed by atoms with Crippen molar-refractivity contribution in [1.82, 2.24) is 20.4 Å². The van der Waals surface area contributed by atoms with E-state index in [2.05, 4.69) is 15.5 Å². The normalized spacial score (nSPS) is 16.3. The van der Waals surface area contributed by atoms with Gasteiger partial charge in [-0.15, -0.1) is 0 Å². The average Bonchev–Trinajstić information content (AvgIpc) is 3.30. The summed E-state index contributed by atoms with van der Waals surface area (Å²) in [6, 6.07) is 14.5. The summed E-state index contributed by atoms with van der Waals surface area (Å²) in [5.41, 5.74) is 3.49. The summed E-state index contributed by atoms with van der Waals surface area (Å²) in [5, 5.41) is 6.61. The molecule has 1 aliphatic heterocycles. The summed E-state index contributed by atoms with van der Waals surface area (Å²) in [4.78, 5) is 31.2. The molecule has 1 atom stereocenters. The van der Waals surface area contributed by atoms with Crippen LogP contribution in [-0.4, -0.2) is 39.4 Å². The summed E-state index contributed by atoms with van der Waals surface area (Å²) in [6.45, 7) is 4.97. The number of aryl methyl sites for hydroxylation is 2. The van der Waals surface area contributed by atoms with Gasteiger partial charge in [-0.3, -0.25) is 9.59 Å². The van der Waals surface area contributed by atoms with Crippen LogP contribution in [0.5, 0.6) is 0 Å². The molecular formula is C22H22N4O3. The van der Waals surface area contributed by atoms with Crippen LogP contribution in [0.4, 0.5) is 0 Å². The lowest BCUT2D eigenvalue weighted by atomic mass is 10.1. The minimum Gasteiger partial charge on any atom is -0.340 e. The zero-order valence-corrected chi connectivity index (χ0v) is 16.4. The van der Waals surface area contributed by atoms with E-state index in [1.165, 1.54) is 5.56 Å². The lowest BCUT2D eigenvalue weighted by Gasteiger charge is -2.17. The van der Waals surface area contributed by atoms with Gasteiger partial charge < -0.3 is 14.7 Å². The second-order valence-corrected chi connectivity index (χ2v) is 7.28. The lowest BCUT2D eigenvalue weighted by Crippen LogP contribution is -2.41. The summed E-state index contributed by atoms with van der Waals surface area (Å²) >= 11 is 0. The first-order valence-corrected chi connectivity index (χ1v) is 9.55. The molecule has 2 aromatic carbocycles. The third-order valence-corrected chi connectivity index (χ3v) is 5.02. The molecule has 148 valence electrons. The number of carbonyl (C=O) groups is 2. The Balaban J connectivity index is 1.37. The molecule has 1 aliphatic rings. The maximum atomic E-state index is 12.7. The largest absolute Gasteiger partial charge is 0.340 e. The van der Waals surface area contributed by atoms with E-state index in [0.29, 0.717) is 36.8 Å². The predicted octanol–water partition coefficient (Wildman–Crippen LogP) is 2.88. The van der Waals surface area contributed by atoms with Gasteiger partial charge in [-0.25, -0.2) is 0 Å². The van der Waals surface area contributed by atoms with Gasteiger partial charge in [0.05, 0.1) is 0 Å². The zero-order chi connectivity index (χ0) is 20.4. The molecule has 1 N–H and O–H groups in total. The number of hydrogen-bond donors (Lipinski definition) is 1. The first-order chi connectivity index (χ1) is 14.0. The van der Waals surface area contributed by atoms with Crippen molar-refractivity contribution in [2.75, 3.05) is 6.54 Å². The van der Waals surface area contributed by atoms with Gasteiger partial charge in [0, 0.05) is 24.2 Å². The van der Waals surface area contributed by atoms with Crippen LogP contribution in [0.2, 0.25) is 0 Å². The molecular weight excluding hydrogens is 368 g/mol. The molecule has 2 amide bonds. The Kier molecular flexibility index (Phi) is 5.12. The number of nitrogens with zero attached hydrogens (tertiary/aromatic N) is 3. The number of aromatic nitrogens is 2. The fourth-order valence-electron chi connectivity index (χ4n) is 3.36. The number of rotatable bonds is 5. The van der Waals surface area contributed by atoms with Crippen molar-refractivity contribution in [3.8, 4) is 11.5 Å². The molecule has 1 aromatic heterocycles. The molecule has 0 bridgehead atoms. The van der Waals surface area contributed by atoms with Crippen LogP contribution in [0, 0.1) is 13.8 Å². The number of nitrogens with one attached hydrogen (secondary N) is 1. The van der Waals surface area contributed by atoms with Crippen LogP contribution in [0.25, 0.3) is 11.5 Å². The number of hydrogen-bond acceptors (Lipinski definition) is 5. The van der Waals surface area contributed by atoms with E-state index >= 15 is 0 Å². The van der Waals surface area contributed by atoms with Crippen LogP contribution in [-0.2, 0) is 11.3 Å². The van der Waals surface area contributed by atoms with Gasteiger partial charge in [-0.05, 0) is 50.1 Å². The molecule has 0 spiro atoms. The first kappa shape index (κ1) is 18.9. The Morgan fingerprint density at radius 1 is 1.14 bits per heavy atom. The Bertz CT molecular complexity index is 1020. The molecule has 1 fully saturated rings. The smallest absolute Gasteiger partial charge is 0.257 e. The average molecular weight is 390 g/mol. The molecule has 29 heavy (non-hydrogen) atoms. The summed E-state index contributed by atoms with van der Waals surface area (Å²) in [7, 11) is 0. The molecule has 7 heteroatoms. The van der Waals surface area contributed by atoms with Gasteiger partial charge in [0.1, 0.15) is 6.04 Å². The number of benzene rings is 2. The van der Waals surface area contributed by atoms with E-state index in [4.69, 9.17) is 4.52 Å². The third kappa shape index (κ3) is 4.18. The van der Waals surface area contributed by atoms with Crippen LogP contribution in [0.15, 0.2) is 53.1 Å². The van der Waals surface area contributed by atoms with Gasteiger partial charge in [0.2, 0.25) is 5.91 Å². The second kappa shape index (κ2) is 7.87. The van der Waals surface area contributed by atoms with Crippen LogP contribution in [0.1, 0.15) is 33.7 Å². The van der Waals surface area contributed by atoms with Crippen molar-refractivity contribution in [1.29, 1.82) is 0 Å². The topological polar surface area (TPSA) is 88.3 Å². The minimum absolute atomic E-state index is 0.0446. The van der Waals surface area contributed by atoms with Crippen LogP contribution < -0.4 is 5.32 Å². The minimum atomic E-state index is -0.494. The summed E-state index contributed by atoms with van der Waals surface area (Å²) in [5.74, 6) is 0.648. The SMILES string of the molecule is Cc1ccc(CN2CCC(NC(=O)c3ccc(-c4nc(C)no4)cc3)C2=O)cc1. The van der Waals surface area contributed by atoms with Crippen LogP contribution in [0.3, 0.4) is 0 Å². The molecule has 0 aliphatic carbocycles. The van der Waals surface area contributed by atoms with Crippen molar-refractivity contribution < 1.29 is 14.1 Å². The fraction of sp³-hybridized carbons (Fsp3) is 0.273. The van der Waals surface area contributed by atoms with E-state index < -0.39 is 6.04 Å². The zero-order valence-electron chi connectivity index (χ0n) is 16.4. The van der Waals surface area contributed by atoms with E-state index in [-0.39, 0.29) is 11.8 Å². The van der Waals surface area contributed by atoms with Gasteiger partial charge in [0.15, 0.2) is 5.82 Å². The number of carbonyl (C=O) groups excluding carboxylic acids is 2. The lowest BCUT2D eigenvalue weighted by molar-refractivity contribution is -0.129. The van der Waals surface area contributed by atoms with E-state index in [1.54, 1.807) is 36.1 Å².